The van der Waals surface area contributed by atoms with Crippen molar-refractivity contribution in [2.75, 3.05) is 0 Å². The molecule has 24 heavy (non-hydrogen) atoms. The second kappa shape index (κ2) is 5.97. The van der Waals surface area contributed by atoms with E-state index in [2.05, 4.69) is 0 Å². The first-order valence-corrected chi connectivity index (χ1v) is 8.15. The first kappa shape index (κ1) is 18.1. The molecule has 0 aliphatic carbocycles. The van der Waals surface area contributed by atoms with Gasteiger partial charge in [0.05, 0.1) is 0 Å². The molecule has 0 aliphatic heterocycles. The van der Waals surface area contributed by atoms with Gasteiger partial charge in [0, 0.05) is 11.1 Å². The Kier molecular flexibility index (Phi) is 4.49. The Labute approximate surface area is 144 Å². The van der Waals surface area contributed by atoms with E-state index in [0.29, 0.717) is 11.1 Å². The monoisotopic (exact) mass is 326 g/mol. The molecule has 0 saturated heterocycles. The van der Waals surface area contributed by atoms with Crippen molar-refractivity contribution in [2.24, 2.45) is 0 Å². The highest BCUT2D eigenvalue weighted by molar-refractivity contribution is 6.13. The van der Waals surface area contributed by atoms with Crippen molar-refractivity contribution in [3.63, 3.8) is 0 Å². The van der Waals surface area contributed by atoms with Gasteiger partial charge >= 0.3 is 0 Å². The van der Waals surface area contributed by atoms with Gasteiger partial charge in [0.25, 0.3) is 0 Å². The number of rotatable bonds is 2. The third-order valence-corrected chi connectivity index (χ3v) is 5.62. The largest absolute Gasteiger partial charge is 0.507 e. The minimum Gasteiger partial charge on any atom is -0.507 e. The Bertz CT molecular complexity index is 744. The Morgan fingerprint density at radius 1 is 0.500 bits per heavy atom. The maximum absolute atomic E-state index is 13.4. The standard InChI is InChI=1S/C21H26O3/c1-9-13(5)19(22)14(6)10(2)17(9)21(24)18-11(3)15(7)20(23)16(8)12(18)4/h22-23H,1-8H3. The fourth-order valence-corrected chi connectivity index (χ4v) is 3.39. The van der Waals surface area contributed by atoms with Crippen LogP contribution in [0.25, 0.3) is 0 Å². The van der Waals surface area contributed by atoms with E-state index in [0.717, 1.165) is 44.5 Å². The number of carbonyl (C=O) groups is 1. The Hall–Kier alpha value is -2.29. The molecule has 128 valence electrons. The zero-order valence-electron chi connectivity index (χ0n) is 15.8. The highest BCUT2D eigenvalue weighted by Crippen LogP contribution is 2.36. The van der Waals surface area contributed by atoms with Crippen LogP contribution in [0.5, 0.6) is 11.5 Å². The number of phenolic OH excluding ortho intramolecular Hbond substituents is 2. The lowest BCUT2D eigenvalue weighted by Crippen LogP contribution is -2.14. The quantitative estimate of drug-likeness (QED) is 0.780. The number of benzene rings is 2. The van der Waals surface area contributed by atoms with E-state index >= 15 is 0 Å². The molecule has 2 aromatic rings. The van der Waals surface area contributed by atoms with Crippen LogP contribution >= 0.6 is 0 Å². The lowest BCUT2D eigenvalue weighted by molar-refractivity contribution is 0.103. The predicted molar refractivity (Wildman–Crippen MR) is 97.5 cm³/mol. The van der Waals surface area contributed by atoms with Crippen LogP contribution in [0.3, 0.4) is 0 Å². The topological polar surface area (TPSA) is 57.5 Å². The molecule has 0 unspecified atom stereocenters. The highest BCUT2D eigenvalue weighted by Gasteiger charge is 2.25. The van der Waals surface area contributed by atoms with Crippen molar-refractivity contribution >= 4 is 5.78 Å². The summed E-state index contributed by atoms with van der Waals surface area (Å²) in [5, 5.41) is 20.5. The van der Waals surface area contributed by atoms with E-state index in [1.807, 2.05) is 55.4 Å². The number of hydrogen-bond acceptors (Lipinski definition) is 3. The van der Waals surface area contributed by atoms with Gasteiger partial charge in [0.2, 0.25) is 0 Å². The molecule has 2 N–H and O–H groups in total. The first-order valence-electron chi connectivity index (χ1n) is 8.15. The summed E-state index contributed by atoms with van der Waals surface area (Å²) in [4.78, 5) is 13.4. The lowest BCUT2D eigenvalue weighted by Gasteiger charge is -2.20. The molecule has 2 rings (SSSR count). The molecule has 0 atom stereocenters. The minimum absolute atomic E-state index is 0.0441. The molecule has 0 aromatic heterocycles. The lowest BCUT2D eigenvalue weighted by atomic mass is 9.83. The SMILES string of the molecule is Cc1c(C)c(C(=O)c2c(C)c(C)c(O)c(C)c2C)c(C)c(C)c1O. The van der Waals surface area contributed by atoms with Crippen LogP contribution in [0, 0.1) is 55.4 Å². The summed E-state index contributed by atoms with van der Waals surface area (Å²) in [7, 11) is 0. The molecule has 0 amide bonds. The fourth-order valence-electron chi connectivity index (χ4n) is 3.39. The van der Waals surface area contributed by atoms with Gasteiger partial charge in [0.15, 0.2) is 5.78 Å². The molecule has 0 spiro atoms. The Morgan fingerprint density at radius 3 is 0.917 bits per heavy atom. The van der Waals surface area contributed by atoms with E-state index < -0.39 is 0 Å². The number of aromatic hydroxyl groups is 2. The van der Waals surface area contributed by atoms with Crippen molar-refractivity contribution in [1.82, 2.24) is 0 Å². The molecular formula is C21H26O3. The maximum atomic E-state index is 13.4. The second-order valence-electron chi connectivity index (χ2n) is 6.78. The average Bonchev–Trinajstić information content (AvgIpc) is 2.55. The second-order valence-corrected chi connectivity index (χ2v) is 6.78. The minimum atomic E-state index is -0.0441. The van der Waals surface area contributed by atoms with Crippen LogP contribution in [0.4, 0.5) is 0 Å². The van der Waals surface area contributed by atoms with Gasteiger partial charge in [-0.25, -0.2) is 0 Å². The smallest absolute Gasteiger partial charge is 0.194 e. The fraction of sp³-hybridized carbons (Fsp3) is 0.381. The van der Waals surface area contributed by atoms with E-state index in [1.54, 1.807) is 0 Å². The van der Waals surface area contributed by atoms with Gasteiger partial charge < -0.3 is 10.2 Å². The summed E-state index contributed by atoms with van der Waals surface area (Å²) in [6.07, 6.45) is 0. The van der Waals surface area contributed by atoms with Crippen LogP contribution < -0.4 is 0 Å². The third kappa shape index (κ3) is 2.39. The normalized spacial score (nSPS) is 11.0. The zero-order valence-corrected chi connectivity index (χ0v) is 15.8. The molecule has 3 heteroatoms. The summed E-state index contributed by atoms with van der Waals surface area (Å²) < 4.78 is 0. The van der Waals surface area contributed by atoms with Gasteiger partial charge in [0.1, 0.15) is 11.5 Å². The summed E-state index contributed by atoms with van der Waals surface area (Å²) >= 11 is 0. The number of phenols is 2. The van der Waals surface area contributed by atoms with Crippen LogP contribution in [0.2, 0.25) is 0 Å². The van der Waals surface area contributed by atoms with Crippen LogP contribution in [-0.2, 0) is 0 Å². The molecule has 0 saturated carbocycles. The molecule has 2 aromatic carbocycles. The molecule has 0 heterocycles. The van der Waals surface area contributed by atoms with E-state index in [-0.39, 0.29) is 17.3 Å². The number of hydrogen-bond donors (Lipinski definition) is 2. The van der Waals surface area contributed by atoms with Crippen molar-refractivity contribution in [1.29, 1.82) is 0 Å². The van der Waals surface area contributed by atoms with Crippen molar-refractivity contribution in [3.8, 4) is 11.5 Å². The van der Waals surface area contributed by atoms with Crippen LogP contribution in [0.15, 0.2) is 0 Å². The van der Waals surface area contributed by atoms with Crippen LogP contribution in [-0.4, -0.2) is 16.0 Å². The summed E-state index contributed by atoms with van der Waals surface area (Å²) in [5.74, 6) is 0.471. The summed E-state index contributed by atoms with van der Waals surface area (Å²) in [6, 6.07) is 0. The van der Waals surface area contributed by atoms with Gasteiger partial charge in [-0.05, 0) is 99.9 Å². The van der Waals surface area contributed by atoms with Crippen molar-refractivity contribution in [2.45, 2.75) is 55.4 Å². The van der Waals surface area contributed by atoms with Crippen molar-refractivity contribution < 1.29 is 15.0 Å². The zero-order chi connectivity index (χ0) is 18.5. The maximum Gasteiger partial charge on any atom is 0.194 e. The molecule has 3 nitrogen and oxygen atoms in total. The number of carbonyl (C=O) groups excluding carboxylic acids is 1. The summed E-state index contributed by atoms with van der Waals surface area (Å²) in [5.41, 5.74) is 7.49. The number of ketones is 1. The molecular weight excluding hydrogens is 300 g/mol. The Balaban J connectivity index is 2.87. The highest BCUT2D eigenvalue weighted by atomic mass is 16.3. The molecule has 0 aliphatic rings. The summed E-state index contributed by atoms with van der Waals surface area (Å²) in [6.45, 7) is 14.8. The van der Waals surface area contributed by atoms with E-state index in [1.165, 1.54) is 0 Å². The van der Waals surface area contributed by atoms with Crippen molar-refractivity contribution in [3.05, 3.63) is 55.6 Å². The molecule has 0 bridgehead atoms. The van der Waals surface area contributed by atoms with Gasteiger partial charge in [-0.15, -0.1) is 0 Å². The van der Waals surface area contributed by atoms with E-state index in [9.17, 15) is 15.0 Å². The van der Waals surface area contributed by atoms with Crippen LogP contribution in [0.1, 0.15) is 60.4 Å². The van der Waals surface area contributed by atoms with Gasteiger partial charge in [-0.3, -0.25) is 4.79 Å². The Morgan fingerprint density at radius 2 is 0.708 bits per heavy atom. The third-order valence-electron chi connectivity index (χ3n) is 5.62. The average molecular weight is 326 g/mol. The molecule has 0 fully saturated rings. The van der Waals surface area contributed by atoms with Gasteiger partial charge in [-0.2, -0.15) is 0 Å². The first-order chi connectivity index (χ1) is 11.0. The van der Waals surface area contributed by atoms with Gasteiger partial charge in [-0.1, -0.05) is 0 Å². The van der Waals surface area contributed by atoms with E-state index in [4.69, 9.17) is 0 Å². The predicted octanol–water partition coefficient (Wildman–Crippen LogP) is 4.80. The molecule has 0 radical (unpaired) electrons.